The molecule has 2 aromatic rings. The molecule has 0 fully saturated rings. The number of carboxylic acid groups (broad SMARTS) is 1. The Kier molecular flexibility index (Phi) is 6.68. The van der Waals surface area contributed by atoms with Crippen molar-refractivity contribution in [1.29, 1.82) is 0 Å². The molecule has 0 spiro atoms. The maximum Gasteiger partial charge on any atom is 0.341 e. The van der Waals surface area contributed by atoms with Crippen LogP contribution in [0.25, 0.3) is 0 Å². The lowest BCUT2D eigenvalue weighted by Gasteiger charge is -2.28. The van der Waals surface area contributed by atoms with E-state index in [1.165, 1.54) is 24.3 Å². The van der Waals surface area contributed by atoms with Crippen LogP contribution in [0.1, 0.15) is 30.0 Å². The molecule has 2 aromatic carbocycles. The third-order valence-electron chi connectivity index (χ3n) is 4.60. The van der Waals surface area contributed by atoms with E-state index in [0.29, 0.717) is 35.4 Å². The monoisotopic (exact) mass is 461 g/mol. The summed E-state index contributed by atoms with van der Waals surface area (Å²) in [7, 11) is -3.76. The number of ether oxygens (including phenoxy) is 1. The van der Waals surface area contributed by atoms with Crippen LogP contribution in [0, 0.1) is 5.82 Å². The number of hydrogen-bond acceptors (Lipinski definition) is 5. The molecule has 29 heavy (non-hydrogen) atoms. The van der Waals surface area contributed by atoms with E-state index in [9.17, 15) is 17.6 Å². The van der Waals surface area contributed by atoms with Crippen molar-refractivity contribution in [2.75, 3.05) is 12.5 Å². The number of nitrogens with one attached hydrogen (secondary N) is 1. The Labute approximate surface area is 177 Å². The molecule has 0 aromatic heterocycles. The van der Waals surface area contributed by atoms with Gasteiger partial charge in [0.1, 0.15) is 17.4 Å². The van der Waals surface area contributed by atoms with Crippen LogP contribution in [-0.2, 0) is 21.1 Å². The minimum atomic E-state index is -3.76. The smallest absolute Gasteiger partial charge is 0.341 e. The van der Waals surface area contributed by atoms with Gasteiger partial charge in [0, 0.05) is 17.1 Å². The molecule has 6 nitrogen and oxygen atoms in total. The van der Waals surface area contributed by atoms with Crippen LogP contribution in [0.15, 0.2) is 35.2 Å². The largest absolute Gasteiger partial charge is 0.482 e. The van der Waals surface area contributed by atoms with Crippen LogP contribution >= 0.6 is 23.2 Å². The van der Waals surface area contributed by atoms with Gasteiger partial charge in [-0.2, -0.15) is 0 Å². The molecule has 2 N–H and O–H groups in total. The highest BCUT2D eigenvalue weighted by Crippen LogP contribution is 2.36. The van der Waals surface area contributed by atoms with E-state index in [1.807, 2.05) is 0 Å². The van der Waals surface area contributed by atoms with Gasteiger partial charge >= 0.3 is 5.97 Å². The van der Waals surface area contributed by atoms with E-state index in [-0.39, 0.29) is 15.7 Å². The number of aliphatic carboxylic acids is 1. The highest BCUT2D eigenvalue weighted by molar-refractivity contribution is 7.91. The summed E-state index contributed by atoms with van der Waals surface area (Å²) in [6.07, 6.45) is 1.89. The van der Waals surface area contributed by atoms with Gasteiger partial charge < -0.3 is 9.84 Å². The van der Waals surface area contributed by atoms with E-state index in [2.05, 4.69) is 5.32 Å². The number of carbonyl (C=O) groups is 1. The number of halogens is 3. The van der Waals surface area contributed by atoms with Gasteiger partial charge in [-0.05, 0) is 54.7 Å². The lowest BCUT2D eigenvalue weighted by molar-refractivity contribution is -0.139. The fourth-order valence-electron chi connectivity index (χ4n) is 3.34. The van der Waals surface area contributed by atoms with Gasteiger partial charge in [0.25, 0.3) is 0 Å². The Bertz CT molecular complexity index is 1050. The summed E-state index contributed by atoms with van der Waals surface area (Å²) >= 11 is 11.8. The molecule has 1 aliphatic rings. The third-order valence-corrected chi connectivity index (χ3v) is 6.84. The Morgan fingerprint density at radius 3 is 2.72 bits per heavy atom. The lowest BCUT2D eigenvalue weighted by Crippen LogP contribution is -2.30. The molecule has 0 saturated carbocycles. The van der Waals surface area contributed by atoms with Gasteiger partial charge in [0.2, 0.25) is 0 Å². The van der Waals surface area contributed by atoms with Crippen LogP contribution in [0.2, 0.25) is 10.0 Å². The van der Waals surface area contributed by atoms with Crippen LogP contribution in [-0.4, -0.2) is 32.0 Å². The van der Waals surface area contributed by atoms with Crippen LogP contribution < -0.4 is 10.1 Å². The average Bonchev–Trinajstić information content (AvgIpc) is 2.64. The van der Waals surface area contributed by atoms with Crippen molar-refractivity contribution in [2.45, 2.75) is 30.2 Å². The van der Waals surface area contributed by atoms with Gasteiger partial charge in [0.05, 0.1) is 9.92 Å². The van der Waals surface area contributed by atoms with Crippen molar-refractivity contribution in [3.63, 3.8) is 0 Å². The normalized spacial score (nSPS) is 16.3. The van der Waals surface area contributed by atoms with Gasteiger partial charge in [0.15, 0.2) is 16.4 Å². The van der Waals surface area contributed by atoms with Crippen molar-refractivity contribution in [2.24, 2.45) is 0 Å². The molecule has 0 amide bonds. The van der Waals surface area contributed by atoms with Gasteiger partial charge in [-0.1, -0.05) is 23.2 Å². The highest BCUT2D eigenvalue weighted by atomic mass is 35.5. The molecule has 0 radical (unpaired) electrons. The quantitative estimate of drug-likeness (QED) is 0.647. The van der Waals surface area contributed by atoms with Crippen LogP contribution in [0.4, 0.5) is 4.39 Å². The number of rotatable bonds is 7. The first kappa shape index (κ1) is 21.8. The predicted molar refractivity (Wildman–Crippen MR) is 107 cm³/mol. The van der Waals surface area contributed by atoms with E-state index < -0.39 is 40.1 Å². The zero-order chi connectivity index (χ0) is 21.2. The number of benzene rings is 2. The molecular formula is C19H18Cl2FNO5S. The van der Waals surface area contributed by atoms with Crippen LogP contribution in [0.3, 0.4) is 0 Å². The van der Waals surface area contributed by atoms with Gasteiger partial charge in [-0.15, -0.1) is 0 Å². The maximum absolute atomic E-state index is 14.1. The first-order valence-corrected chi connectivity index (χ1v) is 11.2. The summed E-state index contributed by atoms with van der Waals surface area (Å²) in [6.45, 7) is -0.586. The predicted octanol–water partition coefficient (Wildman–Crippen LogP) is 3.99. The summed E-state index contributed by atoms with van der Waals surface area (Å²) in [4.78, 5) is 10.7. The third kappa shape index (κ3) is 5.19. The fourth-order valence-corrected chi connectivity index (χ4v) is 5.31. The topological polar surface area (TPSA) is 92.7 Å². The Morgan fingerprint density at radius 1 is 1.28 bits per heavy atom. The molecule has 156 valence electrons. The van der Waals surface area contributed by atoms with Crippen molar-refractivity contribution in [3.05, 3.63) is 57.3 Å². The first-order chi connectivity index (χ1) is 13.7. The highest BCUT2D eigenvalue weighted by Gasteiger charge is 2.27. The molecule has 3 rings (SSSR count). The average molecular weight is 462 g/mol. The van der Waals surface area contributed by atoms with Crippen molar-refractivity contribution >= 4 is 39.0 Å². The second kappa shape index (κ2) is 8.87. The number of sulfone groups is 1. The lowest BCUT2D eigenvalue weighted by atomic mass is 9.87. The zero-order valence-electron chi connectivity index (χ0n) is 15.1. The molecule has 10 heteroatoms. The van der Waals surface area contributed by atoms with E-state index >= 15 is 0 Å². The second-order valence-corrected chi connectivity index (χ2v) is 9.44. The SMILES string of the molecule is O=C(O)COc1cc(F)cc2c1CCCC2NCS(=O)(=O)c1ccc(Cl)cc1Cl. The zero-order valence-corrected chi connectivity index (χ0v) is 17.5. The molecular weight excluding hydrogens is 444 g/mol. The molecule has 1 atom stereocenters. The Hall–Kier alpha value is -1.87. The molecule has 0 heterocycles. The van der Waals surface area contributed by atoms with E-state index in [4.69, 9.17) is 33.0 Å². The van der Waals surface area contributed by atoms with Crippen LogP contribution in [0.5, 0.6) is 5.75 Å². The second-order valence-electron chi connectivity index (χ2n) is 6.64. The summed E-state index contributed by atoms with van der Waals surface area (Å²) in [5, 5.41) is 12.1. The summed E-state index contributed by atoms with van der Waals surface area (Å²) in [6, 6.07) is 6.18. The minimum Gasteiger partial charge on any atom is -0.482 e. The first-order valence-electron chi connectivity index (χ1n) is 8.75. The Balaban J connectivity index is 1.82. The molecule has 0 aliphatic heterocycles. The standard InChI is InChI=1S/C19H18Cl2FNO5S/c20-11-4-5-18(15(21)6-11)29(26,27)10-23-16-3-1-2-13-14(16)7-12(22)8-17(13)28-9-19(24)25/h4-8,16,23H,1-3,9-10H2,(H,24,25). The van der Waals surface area contributed by atoms with Crippen molar-refractivity contribution in [1.82, 2.24) is 5.32 Å². The molecule has 0 bridgehead atoms. The molecule has 0 saturated heterocycles. The van der Waals surface area contributed by atoms with Gasteiger partial charge in [-0.25, -0.2) is 17.6 Å². The summed E-state index contributed by atoms with van der Waals surface area (Å²) in [5.74, 6) is -1.99. The Morgan fingerprint density at radius 2 is 2.03 bits per heavy atom. The molecule has 1 aliphatic carbocycles. The minimum absolute atomic E-state index is 0.0266. The number of carboxylic acids is 1. The molecule has 1 unspecified atom stereocenters. The summed E-state index contributed by atoms with van der Waals surface area (Å²) in [5.41, 5.74) is 1.24. The van der Waals surface area contributed by atoms with Crippen molar-refractivity contribution in [3.8, 4) is 5.75 Å². The van der Waals surface area contributed by atoms with E-state index in [0.717, 1.165) is 6.07 Å². The van der Waals surface area contributed by atoms with E-state index in [1.54, 1.807) is 0 Å². The maximum atomic E-state index is 14.1. The summed E-state index contributed by atoms with van der Waals surface area (Å²) < 4.78 is 44.7. The number of hydrogen-bond donors (Lipinski definition) is 2. The van der Waals surface area contributed by atoms with Gasteiger partial charge in [-0.3, -0.25) is 5.32 Å². The number of fused-ring (bicyclic) bond motifs is 1. The van der Waals surface area contributed by atoms with Crippen molar-refractivity contribution < 1.29 is 27.4 Å². The fraction of sp³-hybridized carbons (Fsp3) is 0.316.